The van der Waals surface area contributed by atoms with Crippen LogP contribution in [0.2, 0.25) is 0 Å². The van der Waals surface area contributed by atoms with Crippen LogP contribution in [-0.4, -0.2) is 14.8 Å². The Morgan fingerprint density at radius 3 is 2.45 bits per heavy atom. The monoisotopic (exact) mass is 290 g/mol. The SMILES string of the molecule is CCCn1c(CN)nnc1SCc1cc(C)cc(C)c1. The number of aromatic nitrogens is 3. The summed E-state index contributed by atoms with van der Waals surface area (Å²) >= 11 is 1.73. The first-order chi connectivity index (χ1) is 9.63. The average molecular weight is 290 g/mol. The second-order valence-electron chi connectivity index (χ2n) is 5.04. The molecule has 0 aliphatic carbocycles. The van der Waals surface area contributed by atoms with Crippen LogP contribution in [0.1, 0.15) is 35.9 Å². The minimum atomic E-state index is 0.442. The van der Waals surface area contributed by atoms with Crippen LogP contribution in [0.5, 0.6) is 0 Å². The molecular weight excluding hydrogens is 268 g/mol. The Balaban J connectivity index is 2.12. The van der Waals surface area contributed by atoms with Crippen molar-refractivity contribution in [1.29, 1.82) is 0 Å². The number of benzene rings is 1. The Hall–Kier alpha value is -1.33. The number of hydrogen-bond acceptors (Lipinski definition) is 4. The highest BCUT2D eigenvalue weighted by Gasteiger charge is 2.10. The Labute approximate surface area is 124 Å². The molecule has 0 aliphatic heterocycles. The molecule has 0 saturated carbocycles. The van der Waals surface area contributed by atoms with E-state index in [1.165, 1.54) is 16.7 Å². The average Bonchev–Trinajstić information content (AvgIpc) is 2.78. The molecule has 0 amide bonds. The molecular formula is C15H22N4S. The molecule has 0 atom stereocenters. The molecule has 1 heterocycles. The molecule has 2 rings (SSSR count). The van der Waals surface area contributed by atoms with Crippen LogP contribution in [0.3, 0.4) is 0 Å². The van der Waals surface area contributed by atoms with E-state index in [4.69, 9.17) is 5.73 Å². The number of nitrogens with two attached hydrogens (primary N) is 1. The third-order valence-electron chi connectivity index (χ3n) is 3.07. The fourth-order valence-corrected chi connectivity index (χ4v) is 3.24. The highest BCUT2D eigenvalue weighted by atomic mass is 32.2. The van der Waals surface area contributed by atoms with Gasteiger partial charge >= 0.3 is 0 Å². The van der Waals surface area contributed by atoms with E-state index in [0.29, 0.717) is 6.54 Å². The fraction of sp³-hybridized carbons (Fsp3) is 0.467. The molecule has 0 spiro atoms. The predicted octanol–water partition coefficient (Wildman–Crippen LogP) is 3.06. The van der Waals surface area contributed by atoms with Crippen molar-refractivity contribution in [3.8, 4) is 0 Å². The summed E-state index contributed by atoms with van der Waals surface area (Å²) in [5.74, 6) is 1.78. The van der Waals surface area contributed by atoms with Gasteiger partial charge in [-0.05, 0) is 25.8 Å². The van der Waals surface area contributed by atoms with Crippen molar-refractivity contribution >= 4 is 11.8 Å². The van der Waals surface area contributed by atoms with Gasteiger partial charge in [0.05, 0.1) is 6.54 Å². The molecule has 2 N–H and O–H groups in total. The van der Waals surface area contributed by atoms with E-state index >= 15 is 0 Å². The molecule has 2 aromatic rings. The third-order valence-corrected chi connectivity index (χ3v) is 4.11. The van der Waals surface area contributed by atoms with Gasteiger partial charge in [-0.2, -0.15) is 0 Å². The van der Waals surface area contributed by atoms with Crippen molar-refractivity contribution in [1.82, 2.24) is 14.8 Å². The van der Waals surface area contributed by atoms with Crippen LogP contribution < -0.4 is 5.73 Å². The maximum atomic E-state index is 5.71. The number of aryl methyl sites for hydroxylation is 2. The third kappa shape index (κ3) is 3.61. The van der Waals surface area contributed by atoms with Gasteiger partial charge in [0.25, 0.3) is 0 Å². The lowest BCUT2D eigenvalue weighted by Crippen LogP contribution is -2.09. The van der Waals surface area contributed by atoms with Crippen molar-refractivity contribution in [3.63, 3.8) is 0 Å². The quantitative estimate of drug-likeness (QED) is 0.831. The standard InChI is InChI=1S/C15H22N4S/c1-4-5-19-14(9-16)17-18-15(19)20-10-13-7-11(2)6-12(3)8-13/h6-8H,4-5,9-10,16H2,1-3H3. The zero-order valence-electron chi connectivity index (χ0n) is 12.4. The van der Waals surface area contributed by atoms with Gasteiger partial charge in [0.15, 0.2) is 5.16 Å². The Morgan fingerprint density at radius 2 is 1.85 bits per heavy atom. The maximum Gasteiger partial charge on any atom is 0.191 e. The fourth-order valence-electron chi connectivity index (χ4n) is 2.33. The number of thioether (sulfide) groups is 1. The smallest absolute Gasteiger partial charge is 0.191 e. The highest BCUT2D eigenvalue weighted by Crippen LogP contribution is 2.23. The summed E-state index contributed by atoms with van der Waals surface area (Å²) in [5.41, 5.74) is 9.64. The normalized spacial score (nSPS) is 11.0. The first-order valence-corrected chi connectivity index (χ1v) is 7.94. The lowest BCUT2D eigenvalue weighted by molar-refractivity contribution is 0.592. The van der Waals surface area contributed by atoms with Crippen LogP contribution in [-0.2, 0) is 18.8 Å². The van der Waals surface area contributed by atoms with E-state index in [0.717, 1.165) is 29.7 Å². The number of hydrogen-bond donors (Lipinski definition) is 1. The van der Waals surface area contributed by atoms with E-state index in [1.807, 2.05) is 0 Å². The van der Waals surface area contributed by atoms with E-state index in [-0.39, 0.29) is 0 Å². The van der Waals surface area contributed by atoms with Crippen molar-refractivity contribution in [2.24, 2.45) is 5.73 Å². The Bertz CT molecular complexity index is 557. The second kappa shape index (κ2) is 6.90. The molecule has 0 saturated heterocycles. The zero-order chi connectivity index (χ0) is 14.5. The van der Waals surface area contributed by atoms with Gasteiger partial charge in [0, 0.05) is 12.3 Å². The van der Waals surface area contributed by atoms with Crippen LogP contribution in [0.15, 0.2) is 23.4 Å². The topological polar surface area (TPSA) is 56.7 Å². The van der Waals surface area contributed by atoms with Crippen molar-refractivity contribution in [2.45, 2.75) is 51.2 Å². The van der Waals surface area contributed by atoms with Crippen LogP contribution in [0.25, 0.3) is 0 Å². The molecule has 0 bridgehead atoms. The summed E-state index contributed by atoms with van der Waals surface area (Å²) < 4.78 is 2.13. The van der Waals surface area contributed by atoms with E-state index < -0.39 is 0 Å². The maximum absolute atomic E-state index is 5.71. The summed E-state index contributed by atoms with van der Waals surface area (Å²) in [5, 5.41) is 9.39. The Morgan fingerprint density at radius 1 is 1.15 bits per heavy atom. The molecule has 1 aromatic heterocycles. The number of nitrogens with zero attached hydrogens (tertiary/aromatic N) is 3. The van der Waals surface area contributed by atoms with Crippen LogP contribution >= 0.6 is 11.8 Å². The van der Waals surface area contributed by atoms with Gasteiger partial charge in [-0.25, -0.2) is 0 Å². The van der Waals surface area contributed by atoms with Gasteiger partial charge in [0.1, 0.15) is 5.82 Å². The molecule has 0 radical (unpaired) electrons. The second-order valence-corrected chi connectivity index (χ2v) is 5.98. The van der Waals surface area contributed by atoms with Crippen molar-refractivity contribution < 1.29 is 0 Å². The Kier molecular flexibility index (Phi) is 5.20. The molecule has 20 heavy (non-hydrogen) atoms. The van der Waals surface area contributed by atoms with Crippen molar-refractivity contribution in [2.75, 3.05) is 0 Å². The summed E-state index contributed by atoms with van der Waals surface area (Å²) in [4.78, 5) is 0. The van der Waals surface area contributed by atoms with Gasteiger partial charge < -0.3 is 10.3 Å². The van der Waals surface area contributed by atoms with Crippen molar-refractivity contribution in [3.05, 3.63) is 40.7 Å². The minimum Gasteiger partial charge on any atom is -0.324 e. The lowest BCUT2D eigenvalue weighted by atomic mass is 10.1. The van der Waals surface area contributed by atoms with E-state index in [2.05, 4.69) is 53.7 Å². The van der Waals surface area contributed by atoms with Gasteiger partial charge in [-0.15, -0.1) is 10.2 Å². The molecule has 0 unspecified atom stereocenters. The zero-order valence-corrected chi connectivity index (χ0v) is 13.2. The van der Waals surface area contributed by atoms with Crippen LogP contribution in [0.4, 0.5) is 0 Å². The molecule has 108 valence electrons. The summed E-state index contributed by atoms with van der Waals surface area (Å²) in [7, 11) is 0. The lowest BCUT2D eigenvalue weighted by Gasteiger charge is -2.08. The first-order valence-electron chi connectivity index (χ1n) is 6.96. The summed E-state index contributed by atoms with van der Waals surface area (Å²) in [6, 6.07) is 6.65. The van der Waals surface area contributed by atoms with E-state index in [1.54, 1.807) is 11.8 Å². The van der Waals surface area contributed by atoms with Crippen LogP contribution in [0, 0.1) is 13.8 Å². The summed E-state index contributed by atoms with van der Waals surface area (Å²) in [6.07, 6.45) is 1.06. The molecule has 1 aromatic carbocycles. The highest BCUT2D eigenvalue weighted by molar-refractivity contribution is 7.98. The molecule has 5 heteroatoms. The number of rotatable bonds is 6. The van der Waals surface area contributed by atoms with E-state index in [9.17, 15) is 0 Å². The minimum absolute atomic E-state index is 0.442. The molecule has 4 nitrogen and oxygen atoms in total. The summed E-state index contributed by atoms with van der Waals surface area (Å²) in [6.45, 7) is 7.78. The first kappa shape index (κ1) is 15.1. The molecule has 0 aliphatic rings. The van der Waals surface area contributed by atoms with Gasteiger partial charge in [-0.1, -0.05) is 48.0 Å². The van der Waals surface area contributed by atoms with Gasteiger partial charge in [-0.3, -0.25) is 0 Å². The molecule has 0 fully saturated rings. The van der Waals surface area contributed by atoms with Gasteiger partial charge in [0.2, 0.25) is 0 Å². The predicted molar refractivity (Wildman–Crippen MR) is 83.7 cm³/mol. The largest absolute Gasteiger partial charge is 0.324 e.